The molecule has 1 aromatic rings. The number of methoxy groups -OCH3 is 1. The summed E-state index contributed by atoms with van der Waals surface area (Å²) in [6.45, 7) is 1.30. The molecule has 0 radical (unpaired) electrons. The summed E-state index contributed by atoms with van der Waals surface area (Å²) in [5, 5.41) is 3.29. The molecule has 0 saturated heterocycles. The van der Waals surface area contributed by atoms with Gasteiger partial charge in [0.15, 0.2) is 0 Å². The molecule has 1 N–H and O–H groups in total. The number of carbonyl (C=O) groups excluding carboxylic acids is 1. The van der Waals surface area contributed by atoms with Crippen LogP contribution in [-0.4, -0.2) is 58.2 Å². The molecule has 0 unspecified atom stereocenters. The number of carbonyl (C=O) groups is 1. The Morgan fingerprint density at radius 2 is 2.09 bits per heavy atom. The molecule has 1 aromatic carbocycles. The van der Waals surface area contributed by atoms with Crippen LogP contribution in [0.15, 0.2) is 24.3 Å². The molecule has 0 atom stereocenters. The molecule has 0 aliphatic rings. The van der Waals surface area contributed by atoms with Crippen molar-refractivity contribution in [3.63, 3.8) is 0 Å². The molecule has 1 amide bonds. The number of nitrogens with one attached hydrogen (secondary N) is 1. The van der Waals surface area contributed by atoms with Gasteiger partial charge in [-0.05, 0) is 24.1 Å². The number of hydrogen-bond donors (Lipinski definition) is 1. The van der Waals surface area contributed by atoms with E-state index in [-0.39, 0.29) is 18.9 Å². The quantitative estimate of drug-likeness (QED) is 0.636. The Balaban J connectivity index is 2.52. The zero-order valence-electron chi connectivity index (χ0n) is 13.4. The van der Waals surface area contributed by atoms with E-state index in [2.05, 4.69) is 5.32 Å². The zero-order valence-corrected chi connectivity index (χ0v) is 15.0. The smallest absolute Gasteiger partial charge is 0.221 e. The second-order valence-corrected chi connectivity index (χ2v) is 7.55. The summed E-state index contributed by atoms with van der Waals surface area (Å²) in [5.74, 6) is -0.196. The van der Waals surface area contributed by atoms with Crippen LogP contribution in [0.25, 0.3) is 0 Å². The maximum atomic E-state index is 11.8. The van der Waals surface area contributed by atoms with Gasteiger partial charge < -0.3 is 10.1 Å². The summed E-state index contributed by atoms with van der Waals surface area (Å²) < 4.78 is 29.8. The van der Waals surface area contributed by atoms with Gasteiger partial charge in [-0.15, -0.1) is 0 Å². The summed E-state index contributed by atoms with van der Waals surface area (Å²) in [5.41, 5.74) is 0.954. The maximum Gasteiger partial charge on any atom is 0.221 e. The minimum atomic E-state index is -3.37. The fourth-order valence-corrected chi connectivity index (χ4v) is 3.06. The van der Waals surface area contributed by atoms with Crippen LogP contribution >= 0.6 is 11.6 Å². The highest BCUT2D eigenvalue weighted by Gasteiger charge is 2.17. The first-order valence-corrected chi connectivity index (χ1v) is 9.50. The minimum absolute atomic E-state index is 0.117. The zero-order chi connectivity index (χ0) is 17.3. The molecular formula is C15H23ClN2O4S. The monoisotopic (exact) mass is 362 g/mol. The van der Waals surface area contributed by atoms with Crippen molar-refractivity contribution in [2.75, 3.05) is 39.6 Å². The van der Waals surface area contributed by atoms with Gasteiger partial charge in [-0.1, -0.05) is 23.7 Å². The van der Waals surface area contributed by atoms with Crippen molar-refractivity contribution in [2.45, 2.75) is 12.8 Å². The molecular weight excluding hydrogens is 340 g/mol. The Labute approximate surface area is 142 Å². The second-order valence-electron chi connectivity index (χ2n) is 5.13. The fourth-order valence-electron chi connectivity index (χ4n) is 2.00. The number of benzene rings is 1. The highest BCUT2D eigenvalue weighted by Crippen LogP contribution is 2.12. The molecule has 0 fully saturated rings. The molecule has 0 saturated carbocycles. The van der Waals surface area contributed by atoms with E-state index in [0.29, 0.717) is 31.1 Å². The lowest BCUT2D eigenvalue weighted by molar-refractivity contribution is -0.121. The van der Waals surface area contributed by atoms with Gasteiger partial charge in [0.25, 0.3) is 0 Å². The van der Waals surface area contributed by atoms with Crippen molar-refractivity contribution in [1.82, 2.24) is 9.62 Å². The fraction of sp³-hybridized carbons (Fsp3) is 0.533. The van der Waals surface area contributed by atoms with Gasteiger partial charge in [-0.2, -0.15) is 0 Å². The Morgan fingerprint density at radius 3 is 2.70 bits per heavy atom. The van der Waals surface area contributed by atoms with E-state index in [0.717, 1.165) is 11.8 Å². The molecule has 8 heteroatoms. The van der Waals surface area contributed by atoms with Crippen molar-refractivity contribution < 1.29 is 17.9 Å². The van der Waals surface area contributed by atoms with Crippen molar-refractivity contribution >= 4 is 27.5 Å². The average molecular weight is 363 g/mol. The third-order valence-electron chi connectivity index (χ3n) is 3.22. The molecule has 0 aromatic heterocycles. The van der Waals surface area contributed by atoms with Crippen LogP contribution in [0.5, 0.6) is 0 Å². The Morgan fingerprint density at radius 1 is 1.35 bits per heavy atom. The van der Waals surface area contributed by atoms with Gasteiger partial charge in [-0.25, -0.2) is 12.7 Å². The van der Waals surface area contributed by atoms with E-state index < -0.39 is 10.0 Å². The predicted octanol–water partition coefficient (Wildman–Crippen LogP) is 1.30. The third kappa shape index (κ3) is 8.31. The van der Waals surface area contributed by atoms with E-state index in [1.165, 1.54) is 4.31 Å². The first-order valence-electron chi connectivity index (χ1n) is 7.28. The molecule has 0 spiro atoms. The Bertz CT molecular complexity index is 607. The van der Waals surface area contributed by atoms with Crippen LogP contribution in [0.2, 0.25) is 5.02 Å². The van der Waals surface area contributed by atoms with Crippen LogP contribution in [0, 0.1) is 0 Å². The van der Waals surface area contributed by atoms with E-state index in [1.54, 1.807) is 19.2 Å². The molecule has 6 nitrogen and oxygen atoms in total. The number of sulfonamides is 1. The summed E-state index contributed by atoms with van der Waals surface area (Å²) in [4.78, 5) is 11.7. The van der Waals surface area contributed by atoms with Gasteiger partial charge in [-0.3, -0.25) is 4.79 Å². The van der Waals surface area contributed by atoms with Gasteiger partial charge in [0.2, 0.25) is 15.9 Å². The normalized spacial score (nSPS) is 11.7. The van der Waals surface area contributed by atoms with Crippen LogP contribution in [-0.2, 0) is 26.0 Å². The molecule has 0 aliphatic carbocycles. The Kier molecular flexibility index (Phi) is 8.54. The van der Waals surface area contributed by atoms with Gasteiger partial charge >= 0.3 is 0 Å². The molecule has 0 heterocycles. The highest BCUT2D eigenvalue weighted by molar-refractivity contribution is 7.88. The van der Waals surface area contributed by atoms with Gasteiger partial charge in [0, 0.05) is 38.2 Å². The van der Waals surface area contributed by atoms with Crippen LogP contribution in [0.1, 0.15) is 12.0 Å². The second kappa shape index (κ2) is 9.87. The minimum Gasteiger partial charge on any atom is -0.383 e. The van der Waals surface area contributed by atoms with E-state index in [1.807, 2.05) is 12.1 Å². The van der Waals surface area contributed by atoms with Crippen molar-refractivity contribution in [3.05, 3.63) is 34.9 Å². The van der Waals surface area contributed by atoms with E-state index >= 15 is 0 Å². The van der Waals surface area contributed by atoms with Crippen LogP contribution in [0.3, 0.4) is 0 Å². The molecule has 1 rings (SSSR count). The number of halogens is 1. The Hall–Kier alpha value is -1.15. The van der Waals surface area contributed by atoms with Gasteiger partial charge in [0.05, 0.1) is 12.9 Å². The van der Waals surface area contributed by atoms with Crippen molar-refractivity contribution in [2.24, 2.45) is 0 Å². The molecule has 130 valence electrons. The van der Waals surface area contributed by atoms with Crippen molar-refractivity contribution in [1.29, 1.82) is 0 Å². The average Bonchev–Trinajstić information content (AvgIpc) is 2.46. The summed E-state index contributed by atoms with van der Waals surface area (Å²) in [7, 11) is -1.82. The molecule has 0 aliphatic heterocycles. The lowest BCUT2D eigenvalue weighted by Crippen LogP contribution is -2.36. The van der Waals surface area contributed by atoms with Gasteiger partial charge in [0.1, 0.15) is 0 Å². The number of ether oxygens (including phenoxy) is 1. The molecule has 23 heavy (non-hydrogen) atoms. The summed E-state index contributed by atoms with van der Waals surface area (Å²) in [6.07, 6.45) is 1.80. The largest absolute Gasteiger partial charge is 0.383 e. The van der Waals surface area contributed by atoms with E-state index in [4.69, 9.17) is 16.3 Å². The van der Waals surface area contributed by atoms with E-state index in [9.17, 15) is 13.2 Å². The third-order valence-corrected chi connectivity index (χ3v) is 4.76. The summed E-state index contributed by atoms with van der Waals surface area (Å²) in [6, 6.07) is 7.29. The maximum absolute atomic E-state index is 11.8. The topological polar surface area (TPSA) is 75.7 Å². The number of nitrogens with zero attached hydrogens (tertiary/aromatic N) is 1. The first kappa shape index (κ1) is 19.9. The predicted molar refractivity (Wildman–Crippen MR) is 91.1 cm³/mol. The molecule has 0 bridgehead atoms. The number of rotatable bonds is 10. The number of amides is 1. The standard InChI is InChI=1S/C15H23ClN2O4S/c1-22-11-8-17-15(19)7-10-18(23(2,20)21)9-6-13-4-3-5-14(16)12-13/h3-5,12H,6-11H2,1-2H3,(H,17,19). The lowest BCUT2D eigenvalue weighted by atomic mass is 10.1. The lowest BCUT2D eigenvalue weighted by Gasteiger charge is -2.19. The number of hydrogen-bond acceptors (Lipinski definition) is 4. The van der Waals surface area contributed by atoms with Crippen molar-refractivity contribution in [3.8, 4) is 0 Å². The van der Waals surface area contributed by atoms with Crippen LogP contribution in [0.4, 0.5) is 0 Å². The SMILES string of the molecule is COCCNC(=O)CCN(CCc1cccc(Cl)c1)S(C)(=O)=O. The van der Waals surface area contributed by atoms with Crippen LogP contribution < -0.4 is 5.32 Å². The first-order chi connectivity index (χ1) is 10.8. The summed E-state index contributed by atoms with van der Waals surface area (Å²) >= 11 is 5.92. The highest BCUT2D eigenvalue weighted by atomic mass is 35.5.